The Balaban J connectivity index is 1.56. The number of amides is 2. The van der Waals surface area contributed by atoms with Crippen LogP contribution in [0.1, 0.15) is 12.5 Å². The van der Waals surface area contributed by atoms with E-state index in [1.807, 2.05) is 0 Å². The van der Waals surface area contributed by atoms with Crippen LogP contribution in [0.4, 0.5) is 21.6 Å². The summed E-state index contributed by atoms with van der Waals surface area (Å²) in [5.74, 6) is 0.216. The fraction of sp³-hybridized carbons (Fsp3) is 0.174. The Hall–Kier alpha value is -3.65. The van der Waals surface area contributed by atoms with Gasteiger partial charge in [0.15, 0.2) is 11.5 Å². The molecule has 0 fully saturated rings. The molecule has 1 N–H and O–H groups in total. The van der Waals surface area contributed by atoms with Crippen molar-refractivity contribution < 1.29 is 23.5 Å². The van der Waals surface area contributed by atoms with Gasteiger partial charge in [0.25, 0.3) is 0 Å². The summed E-state index contributed by atoms with van der Waals surface area (Å²) >= 11 is 5.93. The summed E-state index contributed by atoms with van der Waals surface area (Å²) in [6.45, 7) is 2.30. The van der Waals surface area contributed by atoms with E-state index < -0.39 is 5.82 Å². The van der Waals surface area contributed by atoms with E-state index in [1.54, 1.807) is 36.4 Å². The lowest BCUT2D eigenvalue weighted by atomic mass is 10.1. The van der Waals surface area contributed by atoms with Gasteiger partial charge >= 0.3 is 0 Å². The standard InChI is InChI=1S/C23H19ClFN3O4/c1-14(29)28(17-5-6-19-20(13-17)32-10-9-31-19)21-12-16(7-8-26-21)27-22(30)11-15-3-2-4-18(25)23(15)24/h2-8,12-13H,9-11H2,1H3,(H,26,27,30). The zero-order valence-corrected chi connectivity index (χ0v) is 17.9. The van der Waals surface area contributed by atoms with Crippen molar-refractivity contribution in [1.29, 1.82) is 0 Å². The zero-order valence-electron chi connectivity index (χ0n) is 17.1. The van der Waals surface area contributed by atoms with Crippen molar-refractivity contribution in [1.82, 2.24) is 4.98 Å². The number of rotatable bonds is 5. The van der Waals surface area contributed by atoms with Crippen LogP contribution in [-0.2, 0) is 16.0 Å². The van der Waals surface area contributed by atoms with E-state index >= 15 is 0 Å². The second-order valence-corrected chi connectivity index (χ2v) is 7.40. The summed E-state index contributed by atoms with van der Waals surface area (Å²) in [6.07, 6.45) is 1.38. The van der Waals surface area contributed by atoms with Crippen molar-refractivity contribution in [3.63, 3.8) is 0 Å². The van der Waals surface area contributed by atoms with Crippen molar-refractivity contribution in [2.45, 2.75) is 13.3 Å². The number of benzene rings is 2. The van der Waals surface area contributed by atoms with E-state index in [0.29, 0.717) is 47.5 Å². The van der Waals surface area contributed by atoms with Crippen molar-refractivity contribution in [2.75, 3.05) is 23.4 Å². The molecule has 4 rings (SSSR count). The van der Waals surface area contributed by atoms with Gasteiger partial charge in [-0.3, -0.25) is 14.5 Å². The van der Waals surface area contributed by atoms with Crippen molar-refractivity contribution in [3.8, 4) is 11.5 Å². The van der Waals surface area contributed by atoms with Gasteiger partial charge in [-0.25, -0.2) is 9.37 Å². The van der Waals surface area contributed by atoms with Gasteiger partial charge in [0.1, 0.15) is 24.8 Å². The van der Waals surface area contributed by atoms with Crippen LogP contribution in [-0.4, -0.2) is 30.0 Å². The third-order valence-corrected chi connectivity index (χ3v) is 5.16. The average molecular weight is 456 g/mol. The maximum absolute atomic E-state index is 13.6. The molecule has 164 valence electrons. The summed E-state index contributed by atoms with van der Waals surface area (Å²) in [5.41, 5.74) is 1.35. The lowest BCUT2D eigenvalue weighted by Crippen LogP contribution is -2.24. The van der Waals surface area contributed by atoms with Crippen LogP contribution in [0.15, 0.2) is 54.7 Å². The molecule has 0 saturated carbocycles. The number of hydrogen-bond acceptors (Lipinski definition) is 5. The molecule has 0 spiro atoms. The molecule has 0 saturated heterocycles. The fourth-order valence-corrected chi connectivity index (χ4v) is 3.52. The second-order valence-electron chi connectivity index (χ2n) is 7.02. The highest BCUT2D eigenvalue weighted by atomic mass is 35.5. The number of ether oxygens (including phenoxy) is 2. The molecule has 2 aromatic carbocycles. The van der Waals surface area contributed by atoms with E-state index in [4.69, 9.17) is 21.1 Å². The maximum atomic E-state index is 13.6. The predicted octanol–water partition coefficient (Wildman–Crippen LogP) is 4.51. The number of carbonyl (C=O) groups is 2. The van der Waals surface area contributed by atoms with Gasteiger partial charge in [-0.2, -0.15) is 0 Å². The first-order valence-electron chi connectivity index (χ1n) is 9.81. The Morgan fingerprint density at radius 3 is 2.69 bits per heavy atom. The fourth-order valence-electron chi connectivity index (χ4n) is 3.33. The van der Waals surface area contributed by atoms with Crippen molar-refractivity contribution >= 4 is 40.6 Å². The molecule has 0 radical (unpaired) electrons. The highest BCUT2D eigenvalue weighted by Gasteiger charge is 2.20. The van der Waals surface area contributed by atoms with E-state index in [0.717, 1.165) is 0 Å². The molecule has 3 aromatic rings. The van der Waals surface area contributed by atoms with Crippen LogP contribution in [0, 0.1) is 5.82 Å². The molecule has 2 heterocycles. The molecular formula is C23H19ClFN3O4. The van der Waals surface area contributed by atoms with E-state index in [9.17, 15) is 14.0 Å². The zero-order chi connectivity index (χ0) is 22.7. The molecule has 0 unspecified atom stereocenters. The summed E-state index contributed by atoms with van der Waals surface area (Å²) in [4.78, 5) is 30.6. The molecule has 2 amide bonds. The van der Waals surface area contributed by atoms with Gasteiger partial charge in [-0.05, 0) is 29.8 Å². The first-order chi connectivity index (χ1) is 15.4. The van der Waals surface area contributed by atoms with E-state index in [-0.39, 0.29) is 23.3 Å². The Morgan fingerprint density at radius 1 is 1.12 bits per heavy atom. The SMILES string of the molecule is CC(=O)N(c1ccc2c(c1)OCCO2)c1cc(NC(=O)Cc2cccc(F)c2Cl)ccn1. The van der Waals surface area contributed by atoms with Gasteiger partial charge in [0, 0.05) is 30.9 Å². The number of nitrogens with one attached hydrogen (secondary N) is 1. The average Bonchev–Trinajstić information content (AvgIpc) is 2.77. The van der Waals surface area contributed by atoms with Gasteiger partial charge < -0.3 is 14.8 Å². The monoisotopic (exact) mass is 455 g/mol. The summed E-state index contributed by atoms with van der Waals surface area (Å²) in [6, 6.07) is 12.6. The van der Waals surface area contributed by atoms with Gasteiger partial charge in [-0.1, -0.05) is 23.7 Å². The van der Waals surface area contributed by atoms with Crippen molar-refractivity contribution in [2.24, 2.45) is 0 Å². The lowest BCUT2D eigenvalue weighted by Gasteiger charge is -2.24. The van der Waals surface area contributed by atoms with Crippen LogP contribution in [0.2, 0.25) is 5.02 Å². The molecule has 7 nitrogen and oxygen atoms in total. The minimum atomic E-state index is -0.584. The highest BCUT2D eigenvalue weighted by molar-refractivity contribution is 6.31. The Bertz CT molecular complexity index is 1190. The minimum Gasteiger partial charge on any atom is -0.486 e. The number of aromatic nitrogens is 1. The largest absolute Gasteiger partial charge is 0.486 e. The summed E-state index contributed by atoms with van der Waals surface area (Å²) in [5, 5.41) is 2.65. The summed E-state index contributed by atoms with van der Waals surface area (Å²) < 4.78 is 24.7. The minimum absolute atomic E-state index is 0.0839. The topological polar surface area (TPSA) is 80.8 Å². The molecular weight excluding hydrogens is 437 g/mol. The predicted molar refractivity (Wildman–Crippen MR) is 118 cm³/mol. The molecule has 1 aliphatic heterocycles. The maximum Gasteiger partial charge on any atom is 0.229 e. The molecule has 1 aliphatic rings. The van der Waals surface area contributed by atoms with Crippen LogP contribution in [0.3, 0.4) is 0 Å². The normalized spacial score (nSPS) is 12.2. The van der Waals surface area contributed by atoms with E-state index in [2.05, 4.69) is 10.3 Å². The molecule has 9 heteroatoms. The lowest BCUT2D eigenvalue weighted by molar-refractivity contribution is -0.116. The number of halogens is 2. The highest BCUT2D eigenvalue weighted by Crippen LogP contribution is 2.36. The van der Waals surface area contributed by atoms with Crippen LogP contribution < -0.4 is 19.7 Å². The Morgan fingerprint density at radius 2 is 1.91 bits per heavy atom. The molecule has 0 atom stereocenters. The molecule has 0 bridgehead atoms. The second kappa shape index (κ2) is 9.23. The first-order valence-corrected chi connectivity index (χ1v) is 10.2. The number of anilines is 3. The molecule has 32 heavy (non-hydrogen) atoms. The number of carbonyl (C=O) groups excluding carboxylic acids is 2. The number of pyridine rings is 1. The third kappa shape index (κ3) is 4.65. The smallest absolute Gasteiger partial charge is 0.229 e. The quantitative estimate of drug-likeness (QED) is 0.612. The number of hydrogen-bond donors (Lipinski definition) is 1. The summed E-state index contributed by atoms with van der Waals surface area (Å²) in [7, 11) is 0. The molecule has 0 aliphatic carbocycles. The first kappa shape index (κ1) is 21.6. The van der Waals surface area contributed by atoms with Crippen LogP contribution in [0.25, 0.3) is 0 Å². The Labute approximate surface area is 188 Å². The van der Waals surface area contributed by atoms with Gasteiger partial charge in [0.2, 0.25) is 11.8 Å². The van der Waals surface area contributed by atoms with Gasteiger partial charge in [-0.15, -0.1) is 0 Å². The van der Waals surface area contributed by atoms with Crippen molar-refractivity contribution in [3.05, 3.63) is 71.1 Å². The third-order valence-electron chi connectivity index (χ3n) is 4.74. The van der Waals surface area contributed by atoms with Crippen LogP contribution >= 0.6 is 11.6 Å². The number of fused-ring (bicyclic) bond motifs is 1. The van der Waals surface area contributed by atoms with Gasteiger partial charge in [0.05, 0.1) is 17.1 Å². The van der Waals surface area contributed by atoms with E-state index in [1.165, 1.54) is 30.2 Å². The van der Waals surface area contributed by atoms with Crippen LogP contribution in [0.5, 0.6) is 11.5 Å². The Kier molecular flexibility index (Phi) is 6.23. The molecule has 1 aromatic heterocycles. The number of nitrogens with zero attached hydrogens (tertiary/aromatic N) is 2.